The molecule has 0 N–H and O–H groups in total. The number of ether oxygens (including phenoxy) is 1. The number of methoxy groups -OCH3 is 1. The molecule has 110 valence electrons. The fourth-order valence-electron chi connectivity index (χ4n) is 1.76. The number of hydrogen-bond donors (Lipinski definition) is 0. The molecule has 0 amide bonds. The Bertz CT molecular complexity index is 660. The van der Waals surface area contributed by atoms with E-state index in [1.165, 1.54) is 11.8 Å². The van der Waals surface area contributed by atoms with Crippen LogP contribution in [0, 0.1) is 0 Å². The lowest BCUT2D eigenvalue weighted by Gasteiger charge is -2.04. The number of nitrogens with zero attached hydrogens (tertiary/aromatic N) is 3. The van der Waals surface area contributed by atoms with Crippen LogP contribution in [0.1, 0.15) is 10.5 Å². The van der Waals surface area contributed by atoms with Gasteiger partial charge in [-0.15, -0.1) is 0 Å². The van der Waals surface area contributed by atoms with Crippen LogP contribution in [0.15, 0.2) is 41.6 Å². The summed E-state index contributed by atoms with van der Waals surface area (Å²) in [6, 6.07) is 9.11. The van der Waals surface area contributed by atoms with E-state index in [0.717, 1.165) is 11.1 Å². The van der Waals surface area contributed by atoms with Crippen molar-refractivity contribution in [1.29, 1.82) is 0 Å². The molecule has 0 spiro atoms. The molecular weight excluding hydrogens is 290 g/mol. The predicted molar refractivity (Wildman–Crippen MR) is 83.8 cm³/mol. The highest BCUT2D eigenvalue weighted by Crippen LogP contribution is 2.24. The van der Waals surface area contributed by atoms with Crippen molar-refractivity contribution in [2.45, 2.75) is 0 Å². The minimum atomic E-state index is -0.439. The number of aromatic nitrogens is 1. The van der Waals surface area contributed by atoms with E-state index in [1.54, 1.807) is 35.6 Å². The SMILES string of the molecule is COC(=O)c1cc(-c2ccc(Cl)cc2)cn1/N=C/N(C)C. The van der Waals surface area contributed by atoms with Crippen LogP contribution < -0.4 is 0 Å². The smallest absolute Gasteiger partial charge is 0.356 e. The summed E-state index contributed by atoms with van der Waals surface area (Å²) >= 11 is 5.88. The maximum absolute atomic E-state index is 11.8. The Hall–Kier alpha value is -2.27. The molecule has 6 heteroatoms. The van der Waals surface area contributed by atoms with Gasteiger partial charge in [-0.2, -0.15) is 5.10 Å². The minimum Gasteiger partial charge on any atom is -0.464 e. The number of benzene rings is 1. The highest BCUT2D eigenvalue weighted by atomic mass is 35.5. The highest BCUT2D eigenvalue weighted by molar-refractivity contribution is 6.30. The van der Waals surface area contributed by atoms with Crippen LogP contribution in [-0.4, -0.2) is 43.1 Å². The van der Waals surface area contributed by atoms with Crippen molar-refractivity contribution in [3.05, 3.63) is 47.2 Å². The Labute approximate surface area is 128 Å². The molecule has 0 aliphatic rings. The van der Waals surface area contributed by atoms with Crippen LogP contribution in [-0.2, 0) is 4.74 Å². The molecule has 2 rings (SSSR count). The molecule has 1 aromatic heterocycles. The first-order chi connectivity index (χ1) is 10.0. The molecule has 0 saturated heterocycles. The molecule has 1 heterocycles. The predicted octanol–water partition coefficient (Wildman–Crippen LogP) is 2.95. The second kappa shape index (κ2) is 6.45. The topological polar surface area (TPSA) is 46.8 Å². The Balaban J connectivity index is 2.44. The molecule has 0 atom stereocenters. The zero-order chi connectivity index (χ0) is 15.4. The van der Waals surface area contributed by atoms with Crippen LogP contribution in [0.3, 0.4) is 0 Å². The Morgan fingerprint density at radius 1 is 1.29 bits per heavy atom. The lowest BCUT2D eigenvalue weighted by molar-refractivity contribution is 0.0589. The second-order valence-electron chi connectivity index (χ2n) is 4.65. The molecule has 0 aliphatic heterocycles. The van der Waals surface area contributed by atoms with Gasteiger partial charge in [0, 0.05) is 30.9 Å². The Kier molecular flexibility index (Phi) is 4.65. The molecule has 0 aliphatic carbocycles. The monoisotopic (exact) mass is 305 g/mol. The number of carbonyl (C=O) groups is 1. The van der Waals surface area contributed by atoms with Gasteiger partial charge in [0.2, 0.25) is 0 Å². The Morgan fingerprint density at radius 3 is 2.52 bits per heavy atom. The van der Waals surface area contributed by atoms with Crippen LogP contribution in [0.5, 0.6) is 0 Å². The molecule has 0 bridgehead atoms. The summed E-state index contributed by atoms with van der Waals surface area (Å²) < 4.78 is 6.28. The molecule has 0 fully saturated rings. The van der Waals surface area contributed by atoms with E-state index in [9.17, 15) is 4.79 Å². The van der Waals surface area contributed by atoms with Gasteiger partial charge in [-0.25, -0.2) is 9.47 Å². The molecule has 21 heavy (non-hydrogen) atoms. The van der Waals surface area contributed by atoms with Crippen LogP contribution >= 0.6 is 11.6 Å². The van der Waals surface area contributed by atoms with Crippen molar-refractivity contribution in [3.63, 3.8) is 0 Å². The lowest BCUT2D eigenvalue weighted by atomic mass is 10.1. The van der Waals surface area contributed by atoms with Crippen molar-refractivity contribution in [2.24, 2.45) is 5.10 Å². The lowest BCUT2D eigenvalue weighted by Crippen LogP contribution is -2.11. The van der Waals surface area contributed by atoms with Crippen LogP contribution in [0.2, 0.25) is 5.02 Å². The average molecular weight is 306 g/mol. The summed E-state index contributed by atoms with van der Waals surface area (Å²) in [6.07, 6.45) is 3.38. The first-order valence-corrected chi connectivity index (χ1v) is 6.66. The zero-order valence-electron chi connectivity index (χ0n) is 12.1. The molecule has 2 aromatic rings. The standard InChI is InChI=1S/C15H16ClN3O2/c1-18(2)10-17-19-9-12(8-14(19)15(20)21-3)11-4-6-13(16)7-5-11/h4-10H,1-3H3/b17-10+. The molecular formula is C15H16ClN3O2. The third-order valence-corrected chi connectivity index (χ3v) is 3.03. The van der Waals surface area contributed by atoms with Crippen molar-refractivity contribution in [1.82, 2.24) is 9.58 Å². The number of esters is 1. The van der Waals surface area contributed by atoms with Gasteiger partial charge in [-0.1, -0.05) is 23.7 Å². The maximum Gasteiger partial charge on any atom is 0.356 e. The largest absolute Gasteiger partial charge is 0.464 e. The van der Waals surface area contributed by atoms with Gasteiger partial charge in [0.25, 0.3) is 0 Å². The van der Waals surface area contributed by atoms with Gasteiger partial charge in [0.05, 0.1) is 7.11 Å². The number of carbonyl (C=O) groups excluding carboxylic acids is 1. The van der Waals surface area contributed by atoms with Crippen LogP contribution in [0.25, 0.3) is 11.1 Å². The van der Waals surface area contributed by atoms with Gasteiger partial charge < -0.3 is 9.64 Å². The second-order valence-corrected chi connectivity index (χ2v) is 5.09. The zero-order valence-corrected chi connectivity index (χ0v) is 12.8. The molecule has 0 radical (unpaired) electrons. The third kappa shape index (κ3) is 3.64. The van der Waals surface area contributed by atoms with E-state index < -0.39 is 5.97 Å². The van der Waals surface area contributed by atoms with Crippen molar-refractivity contribution in [3.8, 4) is 11.1 Å². The molecule has 5 nitrogen and oxygen atoms in total. The van der Waals surface area contributed by atoms with Crippen molar-refractivity contribution < 1.29 is 9.53 Å². The summed E-state index contributed by atoms with van der Waals surface area (Å²) in [4.78, 5) is 13.6. The summed E-state index contributed by atoms with van der Waals surface area (Å²) in [5.41, 5.74) is 2.17. The van der Waals surface area contributed by atoms with E-state index >= 15 is 0 Å². The first-order valence-electron chi connectivity index (χ1n) is 6.29. The summed E-state index contributed by atoms with van der Waals surface area (Å²) in [6.45, 7) is 0. The summed E-state index contributed by atoms with van der Waals surface area (Å²) in [5.74, 6) is -0.439. The highest BCUT2D eigenvalue weighted by Gasteiger charge is 2.14. The number of rotatable bonds is 4. The van der Waals surface area contributed by atoms with Gasteiger partial charge in [-0.3, -0.25) is 0 Å². The number of halogens is 1. The average Bonchev–Trinajstić information content (AvgIpc) is 2.89. The van der Waals surface area contributed by atoms with E-state index in [4.69, 9.17) is 16.3 Å². The Morgan fingerprint density at radius 2 is 1.95 bits per heavy atom. The fraction of sp³-hybridized carbons (Fsp3) is 0.200. The van der Waals surface area contributed by atoms with E-state index in [0.29, 0.717) is 10.7 Å². The summed E-state index contributed by atoms with van der Waals surface area (Å²) in [7, 11) is 5.05. The first kappa shape index (κ1) is 15.1. The normalized spacial score (nSPS) is 10.9. The fourth-order valence-corrected chi connectivity index (χ4v) is 1.89. The van der Waals surface area contributed by atoms with Gasteiger partial charge in [0.15, 0.2) is 5.69 Å². The summed E-state index contributed by atoms with van der Waals surface area (Å²) in [5, 5.41) is 4.89. The van der Waals surface area contributed by atoms with Crippen molar-refractivity contribution in [2.75, 3.05) is 21.2 Å². The molecule has 0 saturated carbocycles. The van der Waals surface area contributed by atoms with Gasteiger partial charge in [-0.05, 0) is 23.8 Å². The molecule has 1 aromatic carbocycles. The quantitative estimate of drug-likeness (QED) is 0.496. The van der Waals surface area contributed by atoms with E-state index in [-0.39, 0.29) is 0 Å². The minimum absolute atomic E-state index is 0.362. The van der Waals surface area contributed by atoms with E-state index in [2.05, 4.69) is 5.10 Å². The maximum atomic E-state index is 11.8. The van der Waals surface area contributed by atoms with Gasteiger partial charge >= 0.3 is 5.97 Å². The van der Waals surface area contributed by atoms with E-state index in [1.807, 2.05) is 26.2 Å². The van der Waals surface area contributed by atoms with Gasteiger partial charge in [0.1, 0.15) is 6.34 Å². The van der Waals surface area contributed by atoms with Crippen LogP contribution in [0.4, 0.5) is 0 Å². The molecule has 0 unspecified atom stereocenters. The third-order valence-electron chi connectivity index (χ3n) is 2.78. The number of hydrogen-bond acceptors (Lipinski definition) is 3. The van der Waals surface area contributed by atoms with Crippen molar-refractivity contribution >= 4 is 23.9 Å².